The fourth-order valence-corrected chi connectivity index (χ4v) is 2.54. The van der Waals surface area contributed by atoms with E-state index in [9.17, 15) is 4.79 Å². The molecule has 0 unspecified atom stereocenters. The molecule has 0 radical (unpaired) electrons. The van der Waals surface area contributed by atoms with E-state index in [4.69, 9.17) is 4.74 Å². The van der Waals surface area contributed by atoms with E-state index in [1.165, 1.54) is 0 Å². The minimum atomic E-state index is 0.126. The Morgan fingerprint density at radius 1 is 1.38 bits per heavy atom. The zero-order valence-electron chi connectivity index (χ0n) is 10.5. The summed E-state index contributed by atoms with van der Waals surface area (Å²) in [4.78, 5) is 16.6. The van der Waals surface area contributed by atoms with E-state index in [-0.39, 0.29) is 12.1 Å². The number of carbonyl (C=O) groups is 1. The maximum atomic E-state index is 12.3. The number of likely N-dealkylation sites (tertiary alicyclic amines) is 1. The van der Waals surface area contributed by atoms with Crippen LogP contribution < -0.4 is 0 Å². The molecule has 0 saturated carbocycles. The van der Waals surface area contributed by atoms with E-state index in [0.29, 0.717) is 25.2 Å². The molecule has 2 atom stereocenters. The molecule has 0 aromatic heterocycles. The van der Waals surface area contributed by atoms with Gasteiger partial charge in [-0.1, -0.05) is 0 Å². The van der Waals surface area contributed by atoms with Gasteiger partial charge >= 0.3 is 0 Å². The Morgan fingerprint density at radius 3 is 2.62 bits per heavy atom. The molecule has 16 heavy (non-hydrogen) atoms. The third kappa shape index (κ3) is 2.09. The largest absolute Gasteiger partial charge is 0.377 e. The third-order valence-electron chi connectivity index (χ3n) is 3.66. The second kappa shape index (κ2) is 4.72. The fourth-order valence-electron chi connectivity index (χ4n) is 2.54. The lowest BCUT2D eigenvalue weighted by molar-refractivity contribution is -0.151. The van der Waals surface area contributed by atoms with Gasteiger partial charge in [0.25, 0.3) is 0 Å². The molecular weight excluding hydrogens is 204 g/mol. The number of morpholine rings is 1. The van der Waals surface area contributed by atoms with Crippen molar-refractivity contribution in [2.45, 2.75) is 45.3 Å². The predicted molar refractivity (Wildman–Crippen MR) is 62.2 cm³/mol. The average Bonchev–Trinajstić information content (AvgIpc) is 2.15. The summed E-state index contributed by atoms with van der Waals surface area (Å²) in [5, 5.41) is 0. The summed E-state index contributed by atoms with van der Waals surface area (Å²) in [6.45, 7) is 9.56. The lowest BCUT2D eigenvalue weighted by atomic mass is 9.98. The molecule has 0 bridgehead atoms. The van der Waals surface area contributed by atoms with Crippen molar-refractivity contribution in [1.29, 1.82) is 0 Å². The van der Waals surface area contributed by atoms with E-state index in [1.807, 2.05) is 4.90 Å². The number of nitrogens with zero attached hydrogens (tertiary/aromatic N) is 2. The van der Waals surface area contributed by atoms with E-state index < -0.39 is 0 Å². The summed E-state index contributed by atoms with van der Waals surface area (Å²) in [5.74, 6) is 0.302. The maximum absolute atomic E-state index is 12.3. The molecule has 2 aliphatic heterocycles. The standard InChI is InChI=1S/C12H22N2O2/c1-9(2)13-5-4-11(13)12(15)14-6-7-16-8-10(14)3/h9-11H,4-8H2,1-3H3/t10-,11-/m0/s1. The first-order valence-electron chi connectivity index (χ1n) is 6.25. The first-order chi connectivity index (χ1) is 7.61. The molecule has 2 rings (SSSR count). The Kier molecular flexibility index (Phi) is 3.50. The molecule has 4 nitrogen and oxygen atoms in total. The Morgan fingerprint density at radius 2 is 2.12 bits per heavy atom. The van der Waals surface area contributed by atoms with E-state index in [2.05, 4.69) is 25.7 Å². The smallest absolute Gasteiger partial charge is 0.240 e. The molecule has 2 saturated heterocycles. The molecular formula is C12H22N2O2. The second-order valence-corrected chi connectivity index (χ2v) is 5.09. The highest BCUT2D eigenvalue weighted by Crippen LogP contribution is 2.23. The summed E-state index contributed by atoms with van der Waals surface area (Å²) in [6.07, 6.45) is 1.01. The maximum Gasteiger partial charge on any atom is 0.240 e. The Hall–Kier alpha value is -0.610. The lowest BCUT2D eigenvalue weighted by Crippen LogP contribution is -2.62. The van der Waals surface area contributed by atoms with Crippen LogP contribution in [0.2, 0.25) is 0 Å². The van der Waals surface area contributed by atoms with Gasteiger partial charge in [-0.15, -0.1) is 0 Å². The molecule has 0 aromatic carbocycles. The van der Waals surface area contributed by atoms with Crippen molar-refractivity contribution in [3.8, 4) is 0 Å². The molecule has 0 aromatic rings. The number of rotatable bonds is 2. The third-order valence-corrected chi connectivity index (χ3v) is 3.66. The van der Waals surface area contributed by atoms with E-state index in [0.717, 1.165) is 19.5 Å². The van der Waals surface area contributed by atoms with Crippen LogP contribution >= 0.6 is 0 Å². The zero-order chi connectivity index (χ0) is 11.7. The Bertz CT molecular complexity index is 268. The van der Waals surface area contributed by atoms with Gasteiger partial charge in [0.05, 0.1) is 25.3 Å². The Labute approximate surface area is 97.5 Å². The molecule has 2 aliphatic rings. The van der Waals surface area contributed by atoms with Gasteiger partial charge < -0.3 is 9.64 Å². The molecule has 0 N–H and O–H groups in total. The van der Waals surface area contributed by atoms with Crippen LogP contribution in [0.25, 0.3) is 0 Å². The van der Waals surface area contributed by atoms with Crippen molar-refractivity contribution in [2.24, 2.45) is 0 Å². The van der Waals surface area contributed by atoms with Crippen LogP contribution in [0.5, 0.6) is 0 Å². The van der Waals surface area contributed by atoms with Gasteiger partial charge in [0.1, 0.15) is 0 Å². The normalized spacial score (nSPS) is 31.6. The van der Waals surface area contributed by atoms with Crippen molar-refractivity contribution in [3.05, 3.63) is 0 Å². The van der Waals surface area contributed by atoms with Crippen LogP contribution in [-0.4, -0.2) is 60.1 Å². The fraction of sp³-hybridized carbons (Fsp3) is 0.917. The second-order valence-electron chi connectivity index (χ2n) is 5.09. The molecule has 0 spiro atoms. The SMILES string of the molecule is CC(C)N1CC[C@H]1C(=O)N1CCOC[C@@H]1C. The van der Waals surface area contributed by atoms with Crippen molar-refractivity contribution in [2.75, 3.05) is 26.3 Å². The highest BCUT2D eigenvalue weighted by atomic mass is 16.5. The van der Waals surface area contributed by atoms with Gasteiger partial charge in [0.15, 0.2) is 0 Å². The van der Waals surface area contributed by atoms with Crippen molar-refractivity contribution >= 4 is 5.91 Å². The topological polar surface area (TPSA) is 32.8 Å². The number of hydrogen-bond acceptors (Lipinski definition) is 3. The van der Waals surface area contributed by atoms with Gasteiger partial charge in [0.2, 0.25) is 5.91 Å². The summed E-state index contributed by atoms with van der Waals surface area (Å²) in [7, 11) is 0. The highest BCUT2D eigenvalue weighted by Gasteiger charge is 2.39. The van der Waals surface area contributed by atoms with Crippen LogP contribution in [0.3, 0.4) is 0 Å². The van der Waals surface area contributed by atoms with Crippen LogP contribution in [-0.2, 0) is 9.53 Å². The van der Waals surface area contributed by atoms with E-state index >= 15 is 0 Å². The number of hydrogen-bond donors (Lipinski definition) is 0. The van der Waals surface area contributed by atoms with Gasteiger partial charge in [-0.2, -0.15) is 0 Å². The van der Waals surface area contributed by atoms with Gasteiger partial charge in [-0.05, 0) is 27.2 Å². The molecule has 2 fully saturated rings. The summed E-state index contributed by atoms with van der Waals surface area (Å²) in [5.41, 5.74) is 0. The summed E-state index contributed by atoms with van der Waals surface area (Å²) < 4.78 is 5.36. The molecule has 1 amide bonds. The quantitative estimate of drug-likeness (QED) is 0.695. The van der Waals surface area contributed by atoms with Crippen LogP contribution in [0, 0.1) is 0 Å². The van der Waals surface area contributed by atoms with E-state index in [1.54, 1.807) is 0 Å². The number of ether oxygens (including phenoxy) is 1. The summed E-state index contributed by atoms with van der Waals surface area (Å²) >= 11 is 0. The monoisotopic (exact) mass is 226 g/mol. The minimum absolute atomic E-state index is 0.126. The minimum Gasteiger partial charge on any atom is -0.377 e. The first-order valence-corrected chi connectivity index (χ1v) is 6.25. The number of amides is 1. The number of carbonyl (C=O) groups excluding carboxylic acids is 1. The molecule has 0 aliphatic carbocycles. The van der Waals surface area contributed by atoms with Crippen LogP contribution in [0.15, 0.2) is 0 Å². The summed E-state index contributed by atoms with van der Waals surface area (Å²) in [6, 6.07) is 0.829. The van der Waals surface area contributed by atoms with Crippen molar-refractivity contribution < 1.29 is 9.53 Å². The molecule has 2 heterocycles. The first kappa shape index (κ1) is 11.9. The van der Waals surface area contributed by atoms with Crippen molar-refractivity contribution in [3.63, 3.8) is 0 Å². The highest BCUT2D eigenvalue weighted by molar-refractivity contribution is 5.83. The molecule has 4 heteroatoms. The predicted octanol–water partition coefficient (Wildman–Crippen LogP) is 0.716. The average molecular weight is 226 g/mol. The zero-order valence-corrected chi connectivity index (χ0v) is 10.5. The van der Waals surface area contributed by atoms with Gasteiger partial charge in [-0.3, -0.25) is 9.69 Å². The van der Waals surface area contributed by atoms with Gasteiger partial charge in [-0.25, -0.2) is 0 Å². The van der Waals surface area contributed by atoms with Crippen molar-refractivity contribution in [1.82, 2.24) is 9.80 Å². The van der Waals surface area contributed by atoms with Gasteiger partial charge in [0, 0.05) is 19.1 Å². The molecule has 92 valence electrons. The Balaban J connectivity index is 1.96. The lowest BCUT2D eigenvalue weighted by Gasteiger charge is -2.46. The van der Waals surface area contributed by atoms with Crippen LogP contribution in [0.1, 0.15) is 27.2 Å². The van der Waals surface area contributed by atoms with Crippen LogP contribution in [0.4, 0.5) is 0 Å².